The van der Waals surface area contributed by atoms with Gasteiger partial charge in [-0.25, -0.2) is 0 Å². The molecule has 4 heteroatoms. The van der Waals surface area contributed by atoms with Crippen molar-refractivity contribution >= 4 is 34.7 Å². The highest BCUT2D eigenvalue weighted by Gasteiger charge is 2.13. The summed E-state index contributed by atoms with van der Waals surface area (Å²) in [5, 5.41) is 0. The summed E-state index contributed by atoms with van der Waals surface area (Å²) >= 11 is 5.44. The van der Waals surface area contributed by atoms with Crippen molar-refractivity contribution in [3.8, 4) is 0 Å². The van der Waals surface area contributed by atoms with Crippen LogP contribution in [0.2, 0.25) is 0 Å². The van der Waals surface area contributed by atoms with Crippen molar-refractivity contribution in [3.63, 3.8) is 0 Å². The van der Waals surface area contributed by atoms with Gasteiger partial charge >= 0.3 is 0 Å². The second-order valence-corrected chi connectivity index (χ2v) is 5.85. The number of rotatable bonds is 4. The van der Waals surface area contributed by atoms with E-state index in [0.717, 1.165) is 22.5 Å². The van der Waals surface area contributed by atoms with Crippen molar-refractivity contribution in [2.24, 2.45) is 0 Å². The van der Waals surface area contributed by atoms with Gasteiger partial charge in [-0.15, -0.1) is 0 Å². The highest BCUT2D eigenvalue weighted by Crippen LogP contribution is 2.27. The summed E-state index contributed by atoms with van der Waals surface area (Å²) in [6, 6.07) is 28.5. The van der Waals surface area contributed by atoms with E-state index in [0.29, 0.717) is 11.5 Å². The fraction of sp³-hybridized carbons (Fsp3) is 0.0500. The van der Waals surface area contributed by atoms with E-state index in [1.54, 1.807) is 0 Å². The number of hydrogen-bond acceptors (Lipinski definition) is 3. The molecule has 0 spiro atoms. The van der Waals surface area contributed by atoms with Gasteiger partial charge in [0.2, 0.25) is 0 Å². The Morgan fingerprint density at radius 3 is 1.92 bits per heavy atom. The summed E-state index contributed by atoms with van der Waals surface area (Å²) in [7, 11) is 0. The summed E-state index contributed by atoms with van der Waals surface area (Å²) in [5.74, 6) is 0. The molecule has 0 radical (unpaired) electrons. The molecule has 0 N–H and O–H groups in total. The van der Waals surface area contributed by atoms with Gasteiger partial charge in [-0.1, -0.05) is 48.5 Å². The minimum absolute atomic E-state index is 0.480. The molecular weight excluding hydrogens is 316 g/mol. The van der Waals surface area contributed by atoms with Crippen molar-refractivity contribution in [2.75, 3.05) is 4.90 Å². The minimum atomic E-state index is 0.480. The van der Waals surface area contributed by atoms with Gasteiger partial charge < -0.3 is 9.32 Å². The zero-order valence-electron chi connectivity index (χ0n) is 13.0. The van der Waals surface area contributed by atoms with Crippen LogP contribution < -0.4 is 4.90 Å². The molecule has 24 heavy (non-hydrogen) atoms. The third-order valence-electron chi connectivity index (χ3n) is 3.99. The molecule has 0 aliphatic carbocycles. The smallest absolute Gasteiger partial charge is 0.271 e. The van der Waals surface area contributed by atoms with Crippen LogP contribution in [0.4, 0.5) is 11.4 Å². The van der Waals surface area contributed by atoms with Gasteiger partial charge in [0, 0.05) is 11.4 Å². The zero-order chi connectivity index (χ0) is 16.4. The lowest BCUT2D eigenvalue weighted by Gasteiger charge is -2.25. The molecule has 0 atom stereocenters. The number of benzene rings is 3. The lowest BCUT2D eigenvalue weighted by molar-refractivity contribution is 0.537. The molecule has 0 saturated heterocycles. The van der Waals surface area contributed by atoms with E-state index in [-0.39, 0.29) is 0 Å². The molecule has 0 fully saturated rings. The summed E-state index contributed by atoms with van der Waals surface area (Å²) in [5.41, 5.74) is 4.02. The van der Waals surface area contributed by atoms with E-state index in [1.165, 1.54) is 0 Å². The lowest BCUT2D eigenvalue weighted by atomic mass is 10.2. The standard InChI is InChI=1S/C20H16N2OS/c24-20-22(18-13-7-8-14-19(18)23-20)15-21(16-9-3-1-4-10-16)17-11-5-2-6-12-17/h1-14H,15H2. The van der Waals surface area contributed by atoms with Gasteiger partial charge in [0.25, 0.3) is 4.84 Å². The third-order valence-corrected chi connectivity index (χ3v) is 4.30. The van der Waals surface area contributed by atoms with Crippen molar-refractivity contribution in [1.82, 2.24) is 4.57 Å². The Bertz CT molecular complexity index is 966. The average molecular weight is 332 g/mol. The molecule has 0 bridgehead atoms. The molecule has 4 aromatic rings. The Morgan fingerprint density at radius 2 is 1.29 bits per heavy atom. The molecule has 1 heterocycles. The van der Waals surface area contributed by atoms with Crippen LogP contribution in [0.1, 0.15) is 0 Å². The maximum absolute atomic E-state index is 5.72. The number of aromatic nitrogens is 1. The molecule has 0 aliphatic heterocycles. The van der Waals surface area contributed by atoms with Crippen molar-refractivity contribution in [3.05, 3.63) is 89.8 Å². The predicted octanol–water partition coefficient (Wildman–Crippen LogP) is 5.76. The summed E-state index contributed by atoms with van der Waals surface area (Å²) in [6.07, 6.45) is 0. The van der Waals surface area contributed by atoms with Crippen LogP contribution in [0, 0.1) is 4.84 Å². The molecule has 0 amide bonds. The maximum atomic E-state index is 5.72. The molecule has 0 aliphatic rings. The van der Waals surface area contributed by atoms with E-state index >= 15 is 0 Å². The monoisotopic (exact) mass is 332 g/mol. The molecule has 4 rings (SSSR count). The molecule has 3 aromatic carbocycles. The van der Waals surface area contributed by atoms with Crippen LogP contribution in [0.3, 0.4) is 0 Å². The quantitative estimate of drug-likeness (QED) is 0.443. The second-order valence-electron chi connectivity index (χ2n) is 5.50. The van der Waals surface area contributed by atoms with Crippen molar-refractivity contribution < 1.29 is 4.42 Å². The normalized spacial score (nSPS) is 10.8. The highest BCUT2D eigenvalue weighted by atomic mass is 32.1. The van der Waals surface area contributed by atoms with Crippen molar-refractivity contribution in [2.45, 2.75) is 6.67 Å². The van der Waals surface area contributed by atoms with E-state index in [9.17, 15) is 0 Å². The van der Waals surface area contributed by atoms with Gasteiger partial charge in [0.05, 0.1) is 5.52 Å². The Morgan fingerprint density at radius 1 is 0.750 bits per heavy atom. The van der Waals surface area contributed by atoms with Gasteiger partial charge in [-0.3, -0.25) is 4.57 Å². The summed E-state index contributed by atoms with van der Waals surface area (Å²) in [6.45, 7) is 0.587. The molecule has 0 unspecified atom stereocenters. The fourth-order valence-electron chi connectivity index (χ4n) is 2.82. The highest BCUT2D eigenvalue weighted by molar-refractivity contribution is 7.71. The largest absolute Gasteiger partial charge is 0.429 e. The summed E-state index contributed by atoms with van der Waals surface area (Å²) in [4.78, 5) is 2.70. The van der Waals surface area contributed by atoms with E-state index in [1.807, 2.05) is 65.2 Å². The van der Waals surface area contributed by atoms with Gasteiger partial charge in [-0.05, 0) is 48.6 Å². The Kier molecular flexibility index (Phi) is 3.89. The van der Waals surface area contributed by atoms with E-state index in [2.05, 4.69) is 29.2 Å². The molecule has 118 valence electrons. The Labute approximate surface area is 145 Å². The van der Waals surface area contributed by atoms with Gasteiger partial charge in [-0.2, -0.15) is 0 Å². The first-order valence-electron chi connectivity index (χ1n) is 7.79. The zero-order valence-corrected chi connectivity index (χ0v) is 13.8. The number of nitrogens with zero attached hydrogens (tertiary/aromatic N) is 2. The van der Waals surface area contributed by atoms with Crippen LogP contribution in [0.5, 0.6) is 0 Å². The van der Waals surface area contributed by atoms with E-state index in [4.69, 9.17) is 16.6 Å². The maximum Gasteiger partial charge on any atom is 0.271 e. The number of fused-ring (bicyclic) bond motifs is 1. The Balaban J connectivity index is 1.83. The first-order valence-corrected chi connectivity index (χ1v) is 8.20. The predicted molar refractivity (Wildman–Crippen MR) is 100 cm³/mol. The first kappa shape index (κ1) is 14.7. The SMILES string of the molecule is S=c1oc2ccccc2n1CN(c1ccccc1)c1ccccc1. The molecule has 3 nitrogen and oxygen atoms in total. The second kappa shape index (κ2) is 6.34. The third kappa shape index (κ3) is 2.72. The minimum Gasteiger partial charge on any atom is -0.429 e. The van der Waals surface area contributed by atoms with Crippen LogP contribution in [0.25, 0.3) is 11.1 Å². The fourth-order valence-corrected chi connectivity index (χ4v) is 3.06. The average Bonchev–Trinajstić information content (AvgIpc) is 2.96. The molecule has 1 aromatic heterocycles. The summed E-state index contributed by atoms with van der Waals surface area (Å²) < 4.78 is 7.74. The first-order chi connectivity index (χ1) is 11.8. The topological polar surface area (TPSA) is 21.3 Å². The number of anilines is 2. The van der Waals surface area contributed by atoms with E-state index < -0.39 is 0 Å². The van der Waals surface area contributed by atoms with Crippen LogP contribution in [0.15, 0.2) is 89.3 Å². The lowest BCUT2D eigenvalue weighted by Crippen LogP contribution is -2.21. The van der Waals surface area contributed by atoms with Crippen molar-refractivity contribution in [1.29, 1.82) is 0 Å². The molecule has 0 saturated carbocycles. The number of para-hydroxylation sites is 4. The van der Waals surface area contributed by atoms with Crippen LogP contribution in [-0.2, 0) is 6.67 Å². The molecular formula is C20H16N2OS. The Hall–Kier alpha value is -2.85. The number of hydrogen-bond donors (Lipinski definition) is 0. The van der Waals surface area contributed by atoms with Crippen LogP contribution >= 0.6 is 12.2 Å². The van der Waals surface area contributed by atoms with Gasteiger partial charge in [0.1, 0.15) is 6.67 Å². The number of oxazole rings is 1. The van der Waals surface area contributed by atoms with Crippen LogP contribution in [-0.4, -0.2) is 4.57 Å². The van der Waals surface area contributed by atoms with Gasteiger partial charge in [0.15, 0.2) is 5.58 Å².